The van der Waals surface area contributed by atoms with Gasteiger partial charge in [-0.2, -0.15) is 0 Å². The van der Waals surface area contributed by atoms with Crippen molar-refractivity contribution in [3.8, 4) is 5.75 Å². The molecule has 2 aliphatic rings. The van der Waals surface area contributed by atoms with E-state index < -0.39 is 0 Å². The lowest BCUT2D eigenvalue weighted by Gasteiger charge is -2.37. The number of benzene rings is 2. The Morgan fingerprint density at radius 3 is 2.95 bits per heavy atom. The first-order valence-corrected chi connectivity index (χ1v) is 8.00. The highest BCUT2D eigenvalue weighted by Crippen LogP contribution is 2.50. The van der Waals surface area contributed by atoms with E-state index in [1.54, 1.807) is 7.11 Å². The van der Waals surface area contributed by atoms with Gasteiger partial charge in [0.15, 0.2) is 0 Å². The van der Waals surface area contributed by atoms with Crippen LogP contribution in [0.15, 0.2) is 54.6 Å². The Morgan fingerprint density at radius 1 is 1.18 bits per heavy atom. The minimum absolute atomic E-state index is 0.295. The zero-order valence-corrected chi connectivity index (χ0v) is 13.2. The number of allylic oxidation sites excluding steroid dienone is 2. The molecule has 0 fully saturated rings. The van der Waals surface area contributed by atoms with Gasteiger partial charge in [-0.1, -0.05) is 35.9 Å². The van der Waals surface area contributed by atoms with E-state index in [1.807, 2.05) is 12.1 Å². The van der Waals surface area contributed by atoms with Gasteiger partial charge in [0, 0.05) is 16.6 Å². The lowest BCUT2D eigenvalue weighted by atomic mass is 9.77. The summed E-state index contributed by atoms with van der Waals surface area (Å²) in [7, 11) is 1.71. The molecule has 1 N–H and O–H groups in total. The van der Waals surface area contributed by atoms with E-state index in [2.05, 4.69) is 47.8 Å². The van der Waals surface area contributed by atoms with Crippen molar-refractivity contribution < 1.29 is 4.74 Å². The number of fused-ring (bicyclic) bond motifs is 3. The van der Waals surface area contributed by atoms with Gasteiger partial charge in [-0.15, -0.1) is 0 Å². The van der Waals surface area contributed by atoms with E-state index in [0.29, 0.717) is 17.9 Å². The lowest BCUT2D eigenvalue weighted by molar-refractivity contribution is 0.406. The average molecular weight is 312 g/mol. The van der Waals surface area contributed by atoms with Crippen LogP contribution in [-0.4, -0.2) is 7.11 Å². The van der Waals surface area contributed by atoms with Gasteiger partial charge in [0.05, 0.1) is 13.2 Å². The van der Waals surface area contributed by atoms with Crippen LogP contribution in [0.3, 0.4) is 0 Å². The molecule has 22 heavy (non-hydrogen) atoms. The van der Waals surface area contributed by atoms with Gasteiger partial charge in [0.25, 0.3) is 0 Å². The second-order valence-electron chi connectivity index (χ2n) is 5.98. The average Bonchev–Trinajstić information content (AvgIpc) is 3.04. The van der Waals surface area contributed by atoms with Crippen molar-refractivity contribution in [1.82, 2.24) is 0 Å². The van der Waals surface area contributed by atoms with Gasteiger partial charge < -0.3 is 10.1 Å². The number of hydrogen-bond donors (Lipinski definition) is 1. The van der Waals surface area contributed by atoms with Crippen LogP contribution in [0, 0.1) is 5.92 Å². The maximum Gasteiger partial charge on any atom is 0.119 e. The molecule has 112 valence electrons. The van der Waals surface area contributed by atoms with Crippen LogP contribution >= 0.6 is 11.6 Å². The predicted molar refractivity (Wildman–Crippen MR) is 90.8 cm³/mol. The molecule has 0 unspecified atom stereocenters. The van der Waals surface area contributed by atoms with Crippen molar-refractivity contribution in [3.05, 3.63) is 70.8 Å². The lowest BCUT2D eigenvalue weighted by Crippen LogP contribution is -2.29. The van der Waals surface area contributed by atoms with E-state index in [4.69, 9.17) is 16.3 Å². The van der Waals surface area contributed by atoms with Crippen LogP contribution < -0.4 is 10.1 Å². The van der Waals surface area contributed by atoms with Crippen molar-refractivity contribution in [2.24, 2.45) is 5.92 Å². The first kappa shape index (κ1) is 13.7. The third-order valence-corrected chi connectivity index (χ3v) is 5.01. The van der Waals surface area contributed by atoms with E-state index >= 15 is 0 Å². The van der Waals surface area contributed by atoms with E-state index in [0.717, 1.165) is 17.2 Å². The van der Waals surface area contributed by atoms with Gasteiger partial charge >= 0.3 is 0 Å². The molecule has 2 nitrogen and oxygen atoms in total. The van der Waals surface area contributed by atoms with Crippen LogP contribution in [0.5, 0.6) is 5.75 Å². The van der Waals surface area contributed by atoms with Crippen LogP contribution in [0.1, 0.15) is 29.5 Å². The molecule has 3 atom stereocenters. The topological polar surface area (TPSA) is 21.3 Å². The normalized spacial score (nSPS) is 25.3. The second kappa shape index (κ2) is 5.36. The highest BCUT2D eigenvalue weighted by Gasteiger charge is 2.37. The highest BCUT2D eigenvalue weighted by molar-refractivity contribution is 6.30. The molecule has 0 spiro atoms. The molecule has 1 aliphatic carbocycles. The maximum atomic E-state index is 6.19. The summed E-state index contributed by atoms with van der Waals surface area (Å²) in [6.07, 6.45) is 5.71. The van der Waals surface area contributed by atoms with Gasteiger partial charge in [-0.3, -0.25) is 0 Å². The molecular weight excluding hydrogens is 294 g/mol. The van der Waals surface area contributed by atoms with Crippen molar-refractivity contribution in [2.45, 2.75) is 18.4 Å². The van der Waals surface area contributed by atoms with Crippen molar-refractivity contribution in [2.75, 3.05) is 12.4 Å². The molecule has 1 aliphatic heterocycles. The monoisotopic (exact) mass is 311 g/mol. The zero-order chi connectivity index (χ0) is 15.1. The number of hydrogen-bond acceptors (Lipinski definition) is 2. The SMILES string of the molecule is COc1cccc([C@@H]2Nc3ccc(Cl)cc3[C@@H]3C=CC[C@@H]32)c1. The number of ether oxygens (including phenoxy) is 1. The fourth-order valence-corrected chi connectivity index (χ4v) is 3.91. The fraction of sp³-hybridized carbons (Fsp3) is 0.263. The van der Waals surface area contributed by atoms with Gasteiger partial charge in [0.2, 0.25) is 0 Å². The molecule has 1 heterocycles. The summed E-state index contributed by atoms with van der Waals surface area (Å²) in [6, 6.07) is 14.8. The molecule has 0 saturated heterocycles. The summed E-state index contributed by atoms with van der Waals surface area (Å²) in [5, 5.41) is 4.51. The van der Waals surface area contributed by atoms with Gasteiger partial charge in [-0.25, -0.2) is 0 Å². The number of halogens is 1. The van der Waals surface area contributed by atoms with Gasteiger partial charge in [-0.05, 0) is 53.8 Å². The number of rotatable bonds is 2. The number of nitrogens with one attached hydrogen (secondary N) is 1. The largest absolute Gasteiger partial charge is 0.497 e. The van der Waals surface area contributed by atoms with Crippen LogP contribution in [0.25, 0.3) is 0 Å². The summed E-state index contributed by atoms with van der Waals surface area (Å²) in [4.78, 5) is 0. The molecule has 4 rings (SSSR count). The third kappa shape index (κ3) is 2.19. The Hall–Kier alpha value is -1.93. The zero-order valence-electron chi connectivity index (χ0n) is 12.4. The molecule has 0 bridgehead atoms. The number of methoxy groups -OCH3 is 1. The molecule has 2 aromatic carbocycles. The summed E-state index contributed by atoms with van der Waals surface area (Å²) < 4.78 is 5.38. The van der Waals surface area contributed by atoms with Crippen molar-refractivity contribution in [3.63, 3.8) is 0 Å². The van der Waals surface area contributed by atoms with Crippen molar-refractivity contribution in [1.29, 1.82) is 0 Å². The van der Waals surface area contributed by atoms with Crippen molar-refractivity contribution >= 4 is 17.3 Å². The Labute approximate surface area is 135 Å². The minimum Gasteiger partial charge on any atom is -0.497 e. The molecular formula is C19H18ClNO. The Bertz CT molecular complexity index is 740. The first-order valence-electron chi connectivity index (χ1n) is 7.63. The van der Waals surface area contributed by atoms with Gasteiger partial charge in [0.1, 0.15) is 5.75 Å². The molecule has 0 saturated carbocycles. The van der Waals surface area contributed by atoms with E-state index in [1.165, 1.54) is 16.8 Å². The quantitative estimate of drug-likeness (QED) is 0.772. The van der Waals surface area contributed by atoms with Crippen LogP contribution in [-0.2, 0) is 0 Å². The molecule has 0 aromatic heterocycles. The standard InChI is InChI=1S/C19H18ClNO/c1-22-14-5-2-4-12(10-14)19-16-7-3-6-15(16)17-11-13(20)8-9-18(17)21-19/h2-6,8-11,15-16,19,21H,7H2,1H3/t15-,16+,19+/m1/s1. The Balaban J connectivity index is 1.77. The maximum absolute atomic E-state index is 6.19. The smallest absolute Gasteiger partial charge is 0.119 e. The Kier molecular flexibility index (Phi) is 3.34. The molecule has 0 radical (unpaired) electrons. The molecule has 0 amide bonds. The highest BCUT2D eigenvalue weighted by atomic mass is 35.5. The third-order valence-electron chi connectivity index (χ3n) is 4.78. The van der Waals surface area contributed by atoms with E-state index in [9.17, 15) is 0 Å². The predicted octanol–water partition coefficient (Wildman–Crippen LogP) is 5.18. The Morgan fingerprint density at radius 2 is 2.09 bits per heavy atom. The number of anilines is 1. The summed E-state index contributed by atoms with van der Waals surface area (Å²) >= 11 is 6.19. The van der Waals surface area contributed by atoms with Crippen LogP contribution in [0.4, 0.5) is 5.69 Å². The first-order chi connectivity index (χ1) is 10.8. The molecule has 3 heteroatoms. The summed E-state index contributed by atoms with van der Waals surface area (Å²) in [5.41, 5.74) is 3.77. The fourth-order valence-electron chi connectivity index (χ4n) is 3.73. The summed E-state index contributed by atoms with van der Waals surface area (Å²) in [5.74, 6) is 1.87. The minimum atomic E-state index is 0.295. The summed E-state index contributed by atoms with van der Waals surface area (Å²) in [6.45, 7) is 0. The molecule has 2 aromatic rings. The van der Waals surface area contributed by atoms with Crippen LogP contribution in [0.2, 0.25) is 5.02 Å². The van der Waals surface area contributed by atoms with E-state index in [-0.39, 0.29) is 0 Å². The second-order valence-corrected chi connectivity index (χ2v) is 6.42.